The summed E-state index contributed by atoms with van der Waals surface area (Å²) in [5.74, 6) is -0.249. The van der Waals surface area contributed by atoms with Crippen LogP contribution in [0.2, 0.25) is 0 Å². The second-order valence-corrected chi connectivity index (χ2v) is 8.09. The maximum atomic E-state index is 12.8. The molecule has 1 aromatic heterocycles. The fourth-order valence-corrected chi connectivity index (χ4v) is 5.30. The first-order valence-electron chi connectivity index (χ1n) is 7.09. The van der Waals surface area contributed by atoms with Crippen LogP contribution in [0.4, 0.5) is 0 Å². The molecule has 1 amide bonds. The number of carbonyl (C=O) groups is 1. The SMILES string of the molecule is CCNC(=O)C1CNCCN1S(=O)(=O)c1ccc(CC)s1. The van der Waals surface area contributed by atoms with Crippen molar-refractivity contribution in [3.8, 4) is 0 Å². The van der Waals surface area contributed by atoms with Crippen molar-refractivity contribution in [1.82, 2.24) is 14.9 Å². The first kappa shape index (κ1) is 16.4. The number of hydrogen-bond donors (Lipinski definition) is 2. The molecule has 6 nitrogen and oxygen atoms in total. The van der Waals surface area contributed by atoms with Gasteiger partial charge in [0.1, 0.15) is 10.3 Å². The Balaban J connectivity index is 2.29. The van der Waals surface area contributed by atoms with Crippen LogP contribution in [0.15, 0.2) is 16.3 Å². The third-order valence-corrected chi connectivity index (χ3v) is 7.00. The molecule has 1 aromatic rings. The Kier molecular flexibility index (Phi) is 5.37. The van der Waals surface area contributed by atoms with Crippen molar-refractivity contribution in [1.29, 1.82) is 0 Å². The summed E-state index contributed by atoms with van der Waals surface area (Å²) in [7, 11) is -3.61. The number of likely N-dealkylation sites (N-methyl/N-ethyl adjacent to an activating group) is 1. The fraction of sp³-hybridized carbons (Fsp3) is 0.615. The Hall–Kier alpha value is -0.960. The molecular formula is C13H21N3O3S2. The van der Waals surface area contributed by atoms with Crippen LogP contribution in [0.1, 0.15) is 18.7 Å². The Morgan fingerprint density at radius 2 is 2.24 bits per heavy atom. The minimum Gasteiger partial charge on any atom is -0.355 e. The molecule has 1 unspecified atom stereocenters. The van der Waals surface area contributed by atoms with Crippen LogP contribution in [-0.2, 0) is 21.2 Å². The van der Waals surface area contributed by atoms with E-state index in [1.165, 1.54) is 15.6 Å². The number of thiophene rings is 1. The number of piperazine rings is 1. The highest BCUT2D eigenvalue weighted by Gasteiger charge is 2.38. The number of carbonyl (C=O) groups excluding carboxylic acids is 1. The highest BCUT2D eigenvalue weighted by Crippen LogP contribution is 2.27. The zero-order chi connectivity index (χ0) is 15.5. The van der Waals surface area contributed by atoms with Gasteiger partial charge in [0.25, 0.3) is 10.0 Å². The summed E-state index contributed by atoms with van der Waals surface area (Å²) >= 11 is 1.28. The minimum absolute atomic E-state index is 0.249. The number of nitrogens with one attached hydrogen (secondary N) is 2. The van der Waals surface area contributed by atoms with Gasteiger partial charge in [0.15, 0.2) is 0 Å². The topological polar surface area (TPSA) is 78.5 Å². The van der Waals surface area contributed by atoms with Gasteiger partial charge in [0.2, 0.25) is 5.91 Å². The van der Waals surface area contributed by atoms with E-state index >= 15 is 0 Å². The minimum atomic E-state index is -3.61. The van der Waals surface area contributed by atoms with Crippen molar-refractivity contribution in [2.24, 2.45) is 0 Å². The highest BCUT2D eigenvalue weighted by molar-refractivity contribution is 7.91. The molecule has 0 bridgehead atoms. The maximum Gasteiger partial charge on any atom is 0.253 e. The van der Waals surface area contributed by atoms with E-state index in [4.69, 9.17) is 0 Å². The van der Waals surface area contributed by atoms with E-state index in [-0.39, 0.29) is 5.91 Å². The second kappa shape index (κ2) is 6.87. The zero-order valence-electron chi connectivity index (χ0n) is 12.3. The Morgan fingerprint density at radius 3 is 2.86 bits per heavy atom. The number of amides is 1. The summed E-state index contributed by atoms with van der Waals surface area (Å²) in [4.78, 5) is 13.1. The molecule has 118 valence electrons. The third-order valence-electron chi connectivity index (χ3n) is 3.40. The lowest BCUT2D eigenvalue weighted by Crippen LogP contribution is -2.59. The van der Waals surface area contributed by atoms with Gasteiger partial charge in [0.05, 0.1) is 0 Å². The van der Waals surface area contributed by atoms with Gasteiger partial charge in [-0.25, -0.2) is 8.42 Å². The Bertz CT molecular complexity index is 598. The molecule has 21 heavy (non-hydrogen) atoms. The molecule has 0 aromatic carbocycles. The van der Waals surface area contributed by atoms with E-state index in [1.807, 2.05) is 19.9 Å². The molecule has 1 aliphatic heterocycles. The van der Waals surface area contributed by atoms with E-state index in [0.717, 1.165) is 11.3 Å². The molecule has 2 N–H and O–H groups in total. The summed E-state index contributed by atoms with van der Waals surface area (Å²) in [6.45, 7) is 5.51. The highest BCUT2D eigenvalue weighted by atomic mass is 32.2. The van der Waals surface area contributed by atoms with Crippen LogP contribution < -0.4 is 10.6 Å². The quantitative estimate of drug-likeness (QED) is 0.819. The summed E-state index contributed by atoms with van der Waals surface area (Å²) in [5, 5.41) is 5.78. The smallest absolute Gasteiger partial charge is 0.253 e. The molecule has 2 heterocycles. The van der Waals surface area contributed by atoms with Crippen molar-refractivity contribution < 1.29 is 13.2 Å². The Labute approximate surface area is 129 Å². The van der Waals surface area contributed by atoms with Gasteiger partial charge in [-0.2, -0.15) is 4.31 Å². The number of hydrogen-bond acceptors (Lipinski definition) is 5. The lowest BCUT2D eigenvalue weighted by Gasteiger charge is -2.33. The molecule has 1 atom stereocenters. The molecule has 0 spiro atoms. The van der Waals surface area contributed by atoms with Crippen LogP contribution >= 0.6 is 11.3 Å². The molecule has 0 saturated carbocycles. The van der Waals surface area contributed by atoms with Gasteiger partial charge in [-0.3, -0.25) is 4.79 Å². The second-order valence-electron chi connectivity index (χ2n) is 4.80. The molecular weight excluding hydrogens is 310 g/mol. The van der Waals surface area contributed by atoms with E-state index in [9.17, 15) is 13.2 Å². The van der Waals surface area contributed by atoms with E-state index in [0.29, 0.717) is 30.4 Å². The van der Waals surface area contributed by atoms with Gasteiger partial charge >= 0.3 is 0 Å². The standard InChI is InChI=1S/C13H21N3O3S2/c1-3-10-5-6-12(20-10)21(18,19)16-8-7-14-9-11(16)13(17)15-4-2/h5-6,11,14H,3-4,7-9H2,1-2H3,(H,15,17). The Morgan fingerprint density at radius 1 is 1.48 bits per heavy atom. The van der Waals surface area contributed by atoms with Gasteiger partial charge in [-0.15, -0.1) is 11.3 Å². The number of sulfonamides is 1. The van der Waals surface area contributed by atoms with Crippen LogP contribution in [-0.4, -0.2) is 50.9 Å². The average Bonchev–Trinajstić information content (AvgIpc) is 2.97. The largest absolute Gasteiger partial charge is 0.355 e. The molecule has 0 aliphatic carbocycles. The van der Waals surface area contributed by atoms with E-state index in [1.54, 1.807) is 6.07 Å². The van der Waals surface area contributed by atoms with E-state index < -0.39 is 16.1 Å². The van der Waals surface area contributed by atoms with Crippen molar-refractivity contribution >= 4 is 27.3 Å². The average molecular weight is 331 g/mol. The van der Waals surface area contributed by atoms with Crippen LogP contribution in [0.5, 0.6) is 0 Å². The summed E-state index contributed by atoms with van der Waals surface area (Å²) in [6, 6.07) is 2.78. The lowest BCUT2D eigenvalue weighted by atomic mass is 10.2. The number of aryl methyl sites for hydroxylation is 1. The lowest BCUT2D eigenvalue weighted by molar-refractivity contribution is -0.125. The molecule has 2 rings (SSSR count). The number of rotatable bonds is 5. The zero-order valence-corrected chi connectivity index (χ0v) is 13.9. The summed E-state index contributed by atoms with van der Waals surface area (Å²) in [5.41, 5.74) is 0. The van der Waals surface area contributed by atoms with Crippen molar-refractivity contribution in [2.45, 2.75) is 30.5 Å². The van der Waals surface area contributed by atoms with Crippen molar-refractivity contribution in [3.05, 3.63) is 17.0 Å². The first-order valence-corrected chi connectivity index (χ1v) is 9.35. The normalized spacial score (nSPS) is 20.4. The fourth-order valence-electron chi connectivity index (χ4n) is 2.29. The van der Waals surface area contributed by atoms with Crippen molar-refractivity contribution in [3.63, 3.8) is 0 Å². The van der Waals surface area contributed by atoms with Gasteiger partial charge in [-0.05, 0) is 25.5 Å². The predicted molar refractivity (Wildman–Crippen MR) is 82.9 cm³/mol. The van der Waals surface area contributed by atoms with E-state index in [2.05, 4.69) is 10.6 Å². The summed E-state index contributed by atoms with van der Waals surface area (Å²) in [6.07, 6.45) is 0.807. The third kappa shape index (κ3) is 3.45. The molecule has 1 saturated heterocycles. The van der Waals surface area contributed by atoms with Crippen LogP contribution in [0, 0.1) is 0 Å². The van der Waals surface area contributed by atoms with Gasteiger partial charge < -0.3 is 10.6 Å². The first-order chi connectivity index (χ1) is 10.0. The molecule has 0 radical (unpaired) electrons. The molecule has 1 fully saturated rings. The monoisotopic (exact) mass is 331 g/mol. The predicted octanol–water partition coefficient (Wildman–Crippen LogP) is 0.409. The van der Waals surface area contributed by atoms with Gasteiger partial charge in [-0.1, -0.05) is 6.92 Å². The summed E-state index contributed by atoms with van der Waals surface area (Å²) < 4.78 is 27.2. The van der Waals surface area contributed by atoms with Crippen LogP contribution in [0.25, 0.3) is 0 Å². The molecule has 1 aliphatic rings. The van der Waals surface area contributed by atoms with Crippen molar-refractivity contribution in [2.75, 3.05) is 26.2 Å². The van der Waals surface area contributed by atoms with Gasteiger partial charge in [0, 0.05) is 31.1 Å². The van der Waals surface area contributed by atoms with Crippen LogP contribution in [0.3, 0.4) is 0 Å². The number of nitrogens with zero attached hydrogens (tertiary/aromatic N) is 1. The maximum absolute atomic E-state index is 12.8. The molecule has 8 heteroatoms.